The van der Waals surface area contributed by atoms with E-state index in [0.717, 1.165) is 16.9 Å². The smallest absolute Gasteiger partial charge is 0.240 e. The molecule has 6 heteroatoms. The third kappa shape index (κ3) is 3.53. The van der Waals surface area contributed by atoms with Gasteiger partial charge >= 0.3 is 0 Å². The average molecular weight is 305 g/mol. The maximum atomic E-state index is 11.7. The second-order valence-corrected chi connectivity index (χ2v) is 6.64. The van der Waals surface area contributed by atoms with Crippen LogP contribution in [0.15, 0.2) is 53.4 Å². The van der Waals surface area contributed by atoms with E-state index in [1.165, 1.54) is 7.05 Å². The molecular formula is C15H19N3O2S. The average Bonchev–Trinajstić information content (AvgIpc) is 2.49. The van der Waals surface area contributed by atoms with Gasteiger partial charge in [-0.1, -0.05) is 18.2 Å². The van der Waals surface area contributed by atoms with Gasteiger partial charge < -0.3 is 10.6 Å². The SMILES string of the molecule is CNS(=O)(=O)c1ccc(N(C)Cc2ccccc2N)cc1. The quantitative estimate of drug-likeness (QED) is 0.826. The van der Waals surface area contributed by atoms with Crippen LogP contribution in [0.3, 0.4) is 0 Å². The molecule has 0 aliphatic rings. The van der Waals surface area contributed by atoms with Crippen LogP contribution in [0.1, 0.15) is 5.56 Å². The van der Waals surface area contributed by atoms with Gasteiger partial charge in [-0.05, 0) is 42.9 Å². The van der Waals surface area contributed by atoms with Gasteiger partial charge in [0, 0.05) is 25.0 Å². The minimum absolute atomic E-state index is 0.251. The summed E-state index contributed by atoms with van der Waals surface area (Å²) in [6.45, 7) is 0.658. The first-order valence-electron chi connectivity index (χ1n) is 6.52. The summed E-state index contributed by atoms with van der Waals surface area (Å²) >= 11 is 0. The number of nitrogens with zero attached hydrogens (tertiary/aromatic N) is 1. The first-order valence-corrected chi connectivity index (χ1v) is 8.00. The number of hydrogen-bond donors (Lipinski definition) is 2. The number of anilines is 2. The molecule has 0 saturated carbocycles. The largest absolute Gasteiger partial charge is 0.398 e. The van der Waals surface area contributed by atoms with Gasteiger partial charge in [0.15, 0.2) is 0 Å². The van der Waals surface area contributed by atoms with E-state index in [-0.39, 0.29) is 4.90 Å². The summed E-state index contributed by atoms with van der Waals surface area (Å²) in [5.74, 6) is 0. The van der Waals surface area contributed by atoms with Gasteiger partial charge in [0.25, 0.3) is 0 Å². The molecule has 0 amide bonds. The van der Waals surface area contributed by atoms with E-state index in [2.05, 4.69) is 4.72 Å². The molecule has 2 aromatic rings. The van der Waals surface area contributed by atoms with Crippen LogP contribution in [0.2, 0.25) is 0 Å². The summed E-state index contributed by atoms with van der Waals surface area (Å²) in [7, 11) is -0.0599. The Bertz CT molecular complexity index is 712. The number of sulfonamides is 1. The zero-order valence-corrected chi connectivity index (χ0v) is 12.9. The molecule has 21 heavy (non-hydrogen) atoms. The van der Waals surface area contributed by atoms with Crippen LogP contribution in [0.5, 0.6) is 0 Å². The summed E-state index contributed by atoms with van der Waals surface area (Å²) in [6, 6.07) is 14.4. The Hall–Kier alpha value is -2.05. The summed E-state index contributed by atoms with van der Waals surface area (Å²) < 4.78 is 25.6. The first-order chi connectivity index (χ1) is 9.94. The third-order valence-electron chi connectivity index (χ3n) is 3.32. The summed E-state index contributed by atoms with van der Waals surface area (Å²) in [6.07, 6.45) is 0. The van der Waals surface area contributed by atoms with E-state index in [9.17, 15) is 8.42 Å². The van der Waals surface area contributed by atoms with Gasteiger partial charge in [-0.2, -0.15) is 0 Å². The molecule has 0 aliphatic heterocycles. The van der Waals surface area contributed by atoms with Crippen molar-refractivity contribution in [1.82, 2.24) is 4.72 Å². The van der Waals surface area contributed by atoms with Crippen molar-refractivity contribution in [2.75, 3.05) is 24.7 Å². The maximum Gasteiger partial charge on any atom is 0.240 e. The monoisotopic (exact) mass is 305 g/mol. The lowest BCUT2D eigenvalue weighted by molar-refractivity contribution is 0.588. The van der Waals surface area contributed by atoms with E-state index < -0.39 is 10.0 Å². The van der Waals surface area contributed by atoms with E-state index in [0.29, 0.717) is 6.54 Å². The molecule has 2 rings (SSSR count). The Kier molecular flexibility index (Phi) is 4.50. The Balaban J connectivity index is 2.17. The molecule has 0 unspecified atom stereocenters. The van der Waals surface area contributed by atoms with Crippen LogP contribution < -0.4 is 15.4 Å². The predicted octanol–water partition coefficient (Wildman–Crippen LogP) is 1.81. The van der Waals surface area contributed by atoms with Crippen LogP contribution in [-0.4, -0.2) is 22.5 Å². The molecule has 0 fully saturated rings. The van der Waals surface area contributed by atoms with Gasteiger partial charge in [0.2, 0.25) is 10.0 Å². The molecule has 0 spiro atoms. The van der Waals surface area contributed by atoms with Gasteiger partial charge in [0.05, 0.1) is 4.90 Å². The van der Waals surface area contributed by atoms with Crippen LogP contribution in [-0.2, 0) is 16.6 Å². The number of nitrogens with two attached hydrogens (primary N) is 1. The Labute approximate surface area is 125 Å². The predicted molar refractivity (Wildman–Crippen MR) is 85.6 cm³/mol. The molecule has 0 radical (unpaired) electrons. The fourth-order valence-electron chi connectivity index (χ4n) is 2.02. The van der Waals surface area contributed by atoms with Crippen molar-refractivity contribution in [3.05, 3.63) is 54.1 Å². The third-order valence-corrected chi connectivity index (χ3v) is 4.75. The molecule has 0 saturated heterocycles. The summed E-state index contributed by atoms with van der Waals surface area (Å²) in [5.41, 5.74) is 8.64. The Morgan fingerprint density at radius 3 is 2.29 bits per heavy atom. The second-order valence-electron chi connectivity index (χ2n) is 4.76. The summed E-state index contributed by atoms with van der Waals surface area (Å²) in [5, 5.41) is 0. The Morgan fingerprint density at radius 1 is 1.10 bits per heavy atom. The minimum Gasteiger partial charge on any atom is -0.398 e. The van der Waals surface area contributed by atoms with Gasteiger partial charge in [-0.25, -0.2) is 13.1 Å². The van der Waals surface area contributed by atoms with Gasteiger partial charge in [0.1, 0.15) is 0 Å². The number of rotatable bonds is 5. The molecular weight excluding hydrogens is 286 g/mol. The van der Waals surface area contributed by atoms with Gasteiger partial charge in [-0.15, -0.1) is 0 Å². The highest BCUT2D eigenvalue weighted by atomic mass is 32.2. The molecule has 5 nitrogen and oxygen atoms in total. The zero-order valence-electron chi connectivity index (χ0n) is 12.1. The molecule has 0 aromatic heterocycles. The van der Waals surface area contributed by atoms with Crippen molar-refractivity contribution in [2.24, 2.45) is 0 Å². The lowest BCUT2D eigenvalue weighted by Crippen LogP contribution is -2.19. The molecule has 0 atom stereocenters. The zero-order chi connectivity index (χ0) is 15.5. The number of nitrogens with one attached hydrogen (secondary N) is 1. The molecule has 2 aromatic carbocycles. The van der Waals surface area contributed by atoms with Crippen LogP contribution in [0, 0.1) is 0 Å². The van der Waals surface area contributed by atoms with Crippen molar-refractivity contribution in [2.45, 2.75) is 11.4 Å². The fraction of sp³-hybridized carbons (Fsp3) is 0.200. The lowest BCUT2D eigenvalue weighted by Gasteiger charge is -2.20. The second kappa shape index (κ2) is 6.15. The number of hydrogen-bond acceptors (Lipinski definition) is 4. The van der Waals surface area contributed by atoms with Crippen LogP contribution >= 0.6 is 0 Å². The Morgan fingerprint density at radius 2 is 1.71 bits per heavy atom. The summed E-state index contributed by atoms with van der Waals surface area (Å²) in [4.78, 5) is 2.27. The molecule has 0 heterocycles. The fourth-order valence-corrected chi connectivity index (χ4v) is 2.75. The number of benzene rings is 2. The highest BCUT2D eigenvalue weighted by Crippen LogP contribution is 2.20. The minimum atomic E-state index is -3.39. The first kappa shape index (κ1) is 15.3. The normalized spacial score (nSPS) is 11.3. The maximum absolute atomic E-state index is 11.7. The molecule has 3 N–H and O–H groups in total. The van der Waals surface area contributed by atoms with Crippen LogP contribution in [0.25, 0.3) is 0 Å². The van der Waals surface area contributed by atoms with E-state index in [4.69, 9.17) is 5.73 Å². The van der Waals surface area contributed by atoms with E-state index in [1.807, 2.05) is 36.2 Å². The van der Waals surface area contributed by atoms with Crippen molar-refractivity contribution in [3.63, 3.8) is 0 Å². The molecule has 112 valence electrons. The molecule has 0 aliphatic carbocycles. The van der Waals surface area contributed by atoms with Crippen molar-refractivity contribution >= 4 is 21.4 Å². The number of nitrogen functional groups attached to an aromatic ring is 1. The van der Waals surface area contributed by atoms with Crippen molar-refractivity contribution in [3.8, 4) is 0 Å². The highest BCUT2D eigenvalue weighted by molar-refractivity contribution is 7.89. The van der Waals surface area contributed by atoms with Crippen molar-refractivity contribution < 1.29 is 8.42 Å². The highest BCUT2D eigenvalue weighted by Gasteiger charge is 2.11. The standard InChI is InChI=1S/C15H19N3O2S/c1-17-21(19,20)14-9-7-13(8-10-14)18(2)11-12-5-3-4-6-15(12)16/h3-10,17H,11,16H2,1-2H3. The lowest BCUT2D eigenvalue weighted by atomic mass is 10.1. The van der Waals surface area contributed by atoms with E-state index >= 15 is 0 Å². The van der Waals surface area contributed by atoms with Crippen molar-refractivity contribution in [1.29, 1.82) is 0 Å². The van der Waals surface area contributed by atoms with E-state index in [1.54, 1.807) is 24.3 Å². The van der Waals surface area contributed by atoms with Crippen LogP contribution in [0.4, 0.5) is 11.4 Å². The number of para-hydroxylation sites is 1. The topological polar surface area (TPSA) is 75.4 Å². The van der Waals surface area contributed by atoms with Gasteiger partial charge in [-0.3, -0.25) is 0 Å². The molecule has 0 bridgehead atoms.